The van der Waals surface area contributed by atoms with Crippen LogP contribution in [0.2, 0.25) is 6.32 Å². The van der Waals surface area contributed by atoms with Crippen molar-refractivity contribution in [1.29, 1.82) is 0 Å². The first-order chi connectivity index (χ1) is 11.7. The highest BCUT2D eigenvalue weighted by molar-refractivity contribution is 6.19. The maximum atomic E-state index is 11.4. The molecule has 24 heavy (non-hydrogen) atoms. The molecule has 0 aromatic heterocycles. The summed E-state index contributed by atoms with van der Waals surface area (Å²) in [6.07, 6.45) is 3.73. The minimum Gasteiger partial charge on any atom is -0.377 e. The van der Waals surface area contributed by atoms with Gasteiger partial charge in [-0.2, -0.15) is 0 Å². The Bertz CT molecular complexity index is 319. The summed E-state index contributed by atoms with van der Waals surface area (Å²) >= 11 is 0. The van der Waals surface area contributed by atoms with Gasteiger partial charge in [0.15, 0.2) is 0 Å². The molecule has 7 nitrogen and oxygen atoms in total. The Kier molecular flexibility index (Phi) is 17.4. The van der Waals surface area contributed by atoms with Gasteiger partial charge in [0.05, 0.1) is 47.5 Å². The highest BCUT2D eigenvalue weighted by atomic mass is 16.5. The number of rotatable bonds is 17. The van der Waals surface area contributed by atoms with E-state index >= 15 is 0 Å². The van der Waals surface area contributed by atoms with Crippen molar-refractivity contribution in [2.45, 2.75) is 38.9 Å². The molecule has 138 valence electrons. The summed E-state index contributed by atoms with van der Waals surface area (Å²) in [6.45, 7) is 5.92. The van der Waals surface area contributed by atoms with Crippen LogP contribution in [-0.2, 0) is 23.8 Å². The zero-order valence-corrected chi connectivity index (χ0v) is 14.8. The Hall–Kier alpha value is -1.12. The molecule has 0 aromatic carbocycles. The topological polar surface area (TPSA) is 85.9 Å². The van der Waals surface area contributed by atoms with Gasteiger partial charge in [-0.3, -0.25) is 9.59 Å². The van der Waals surface area contributed by atoms with Crippen LogP contribution in [0.1, 0.15) is 32.6 Å². The summed E-state index contributed by atoms with van der Waals surface area (Å²) in [4.78, 5) is 22.3. The summed E-state index contributed by atoms with van der Waals surface area (Å²) < 4.78 is 16.0. The van der Waals surface area contributed by atoms with Crippen LogP contribution < -0.4 is 10.6 Å². The molecule has 0 aliphatic heterocycles. The highest BCUT2D eigenvalue weighted by Crippen LogP contribution is 1.97. The largest absolute Gasteiger partial charge is 0.377 e. The lowest BCUT2D eigenvalue weighted by molar-refractivity contribution is -0.121. The third kappa shape index (κ3) is 17.2. The first kappa shape index (κ1) is 22.9. The number of hydrogen-bond acceptors (Lipinski definition) is 5. The second-order valence-corrected chi connectivity index (χ2v) is 5.20. The minimum absolute atomic E-state index is 0.00829. The van der Waals surface area contributed by atoms with Gasteiger partial charge >= 0.3 is 0 Å². The van der Waals surface area contributed by atoms with Gasteiger partial charge in [0.25, 0.3) is 0 Å². The first-order valence-electron chi connectivity index (χ1n) is 8.67. The van der Waals surface area contributed by atoms with Crippen molar-refractivity contribution in [3.63, 3.8) is 0 Å². The molecular formula is C16H31BN2O5. The van der Waals surface area contributed by atoms with E-state index in [1.54, 1.807) is 0 Å². The molecule has 0 aliphatic rings. The molecule has 2 N–H and O–H groups in total. The van der Waals surface area contributed by atoms with Crippen molar-refractivity contribution in [3.8, 4) is 0 Å². The van der Waals surface area contributed by atoms with E-state index in [1.165, 1.54) is 0 Å². The number of hydrogen-bond donors (Lipinski definition) is 2. The van der Waals surface area contributed by atoms with Gasteiger partial charge in [-0.1, -0.05) is 19.8 Å². The van der Waals surface area contributed by atoms with Crippen molar-refractivity contribution in [1.82, 2.24) is 10.6 Å². The maximum absolute atomic E-state index is 11.4. The van der Waals surface area contributed by atoms with E-state index in [0.717, 1.165) is 19.3 Å². The van der Waals surface area contributed by atoms with Crippen LogP contribution >= 0.6 is 0 Å². The van der Waals surface area contributed by atoms with Crippen LogP contribution in [0.3, 0.4) is 0 Å². The van der Waals surface area contributed by atoms with Crippen LogP contribution in [0.5, 0.6) is 0 Å². The molecule has 0 aliphatic carbocycles. The Morgan fingerprint density at radius 3 is 1.79 bits per heavy atom. The van der Waals surface area contributed by atoms with E-state index in [9.17, 15) is 9.59 Å². The number of ether oxygens (including phenoxy) is 3. The quantitative estimate of drug-likeness (QED) is 0.296. The smallest absolute Gasteiger partial charge is 0.220 e. The predicted octanol–water partition coefficient (Wildman–Crippen LogP) is 0.436. The van der Waals surface area contributed by atoms with Crippen LogP contribution in [0.4, 0.5) is 0 Å². The van der Waals surface area contributed by atoms with E-state index in [-0.39, 0.29) is 18.1 Å². The van der Waals surface area contributed by atoms with Gasteiger partial charge in [0.1, 0.15) is 0 Å². The van der Waals surface area contributed by atoms with E-state index in [1.807, 2.05) is 0 Å². The van der Waals surface area contributed by atoms with Gasteiger partial charge in [0.2, 0.25) is 11.8 Å². The average molecular weight is 342 g/mol. The van der Waals surface area contributed by atoms with Crippen molar-refractivity contribution in [2.24, 2.45) is 0 Å². The molecule has 8 heteroatoms. The standard InChI is InChI=1S/C16H31BN2O5/c1-2-3-4-5-15(20)18-6-8-22-10-12-24-13-11-23-9-7-19-16(21)14-17/h2-14H2,1H3,(H,18,20)(H,19,21). The minimum atomic E-state index is -0.191. The predicted molar refractivity (Wildman–Crippen MR) is 93.2 cm³/mol. The van der Waals surface area contributed by atoms with E-state index in [2.05, 4.69) is 17.6 Å². The molecular weight excluding hydrogens is 311 g/mol. The summed E-state index contributed by atoms with van der Waals surface area (Å²) in [5, 5.41) is 5.43. The fourth-order valence-electron chi connectivity index (χ4n) is 1.76. The van der Waals surface area contributed by atoms with E-state index in [0.29, 0.717) is 59.2 Å². The number of nitrogens with one attached hydrogen (secondary N) is 2. The third-order valence-electron chi connectivity index (χ3n) is 3.07. The zero-order chi connectivity index (χ0) is 17.9. The Morgan fingerprint density at radius 2 is 1.29 bits per heavy atom. The van der Waals surface area contributed by atoms with Gasteiger partial charge in [0, 0.05) is 19.5 Å². The second kappa shape index (κ2) is 18.2. The van der Waals surface area contributed by atoms with Crippen molar-refractivity contribution < 1.29 is 23.8 Å². The van der Waals surface area contributed by atoms with E-state index in [4.69, 9.17) is 22.1 Å². The molecule has 2 radical (unpaired) electrons. The zero-order valence-electron chi connectivity index (χ0n) is 14.8. The maximum Gasteiger partial charge on any atom is 0.220 e. The number of amides is 2. The normalized spacial score (nSPS) is 10.5. The number of carbonyl (C=O) groups excluding carboxylic acids is 2. The van der Waals surface area contributed by atoms with Crippen LogP contribution in [0, 0.1) is 0 Å². The summed E-state index contributed by atoms with van der Waals surface area (Å²) in [7, 11) is 5.15. The molecule has 0 unspecified atom stereocenters. The molecule has 0 aromatic rings. The highest BCUT2D eigenvalue weighted by Gasteiger charge is 1.99. The van der Waals surface area contributed by atoms with Gasteiger partial charge in [-0.05, 0) is 12.7 Å². The van der Waals surface area contributed by atoms with Crippen LogP contribution in [-0.4, -0.2) is 72.4 Å². The van der Waals surface area contributed by atoms with Crippen LogP contribution in [0.15, 0.2) is 0 Å². The third-order valence-corrected chi connectivity index (χ3v) is 3.07. The summed E-state index contributed by atoms with van der Waals surface area (Å²) in [6, 6.07) is 0. The molecule has 2 amide bonds. The lowest BCUT2D eigenvalue weighted by Crippen LogP contribution is -2.27. The molecule has 0 saturated carbocycles. The Morgan fingerprint density at radius 1 is 0.792 bits per heavy atom. The molecule has 0 bridgehead atoms. The van der Waals surface area contributed by atoms with Crippen molar-refractivity contribution in [3.05, 3.63) is 0 Å². The van der Waals surface area contributed by atoms with Crippen LogP contribution in [0.25, 0.3) is 0 Å². The Balaban J connectivity index is 3.12. The number of unbranched alkanes of at least 4 members (excludes halogenated alkanes) is 2. The monoisotopic (exact) mass is 342 g/mol. The number of carbonyl (C=O) groups is 2. The molecule has 0 atom stereocenters. The molecule has 0 rings (SSSR count). The lowest BCUT2D eigenvalue weighted by atomic mass is 10.1. The van der Waals surface area contributed by atoms with Gasteiger partial charge in [-0.25, -0.2) is 0 Å². The Labute approximate surface area is 146 Å². The lowest BCUT2D eigenvalue weighted by Gasteiger charge is -2.08. The van der Waals surface area contributed by atoms with Crippen molar-refractivity contribution in [2.75, 3.05) is 52.7 Å². The molecule has 0 spiro atoms. The van der Waals surface area contributed by atoms with E-state index < -0.39 is 0 Å². The fraction of sp³-hybridized carbons (Fsp3) is 0.875. The summed E-state index contributed by atoms with van der Waals surface area (Å²) in [5.74, 6) is -0.104. The molecule has 0 heterocycles. The average Bonchev–Trinajstić information content (AvgIpc) is 2.58. The SMILES string of the molecule is [B]CC(=O)NCCOCCOCCOCCNC(=O)CCCCC. The first-order valence-corrected chi connectivity index (χ1v) is 8.67. The second-order valence-electron chi connectivity index (χ2n) is 5.20. The fourth-order valence-corrected chi connectivity index (χ4v) is 1.76. The van der Waals surface area contributed by atoms with Gasteiger partial charge in [-0.15, -0.1) is 0 Å². The van der Waals surface area contributed by atoms with Crippen molar-refractivity contribution >= 4 is 19.7 Å². The molecule has 0 fully saturated rings. The molecule has 0 saturated heterocycles. The summed E-state index contributed by atoms with van der Waals surface area (Å²) in [5.41, 5.74) is 0. The van der Waals surface area contributed by atoms with Gasteiger partial charge < -0.3 is 24.8 Å².